The van der Waals surface area contributed by atoms with Gasteiger partial charge in [-0.1, -0.05) is 30.3 Å². The fraction of sp³-hybridized carbons (Fsp3) is 0.217. The molecule has 0 saturated carbocycles. The van der Waals surface area contributed by atoms with Crippen LogP contribution in [0.25, 0.3) is 0 Å². The van der Waals surface area contributed by atoms with Crippen LogP contribution in [0.1, 0.15) is 16.1 Å². The lowest BCUT2D eigenvalue weighted by Gasteiger charge is -2.35. The molecule has 2 unspecified atom stereocenters. The van der Waals surface area contributed by atoms with Gasteiger partial charge >= 0.3 is 0 Å². The summed E-state index contributed by atoms with van der Waals surface area (Å²) < 4.78 is 1.63. The zero-order chi connectivity index (χ0) is 22.8. The molecule has 1 aromatic heterocycles. The summed E-state index contributed by atoms with van der Waals surface area (Å²) >= 11 is 6.10. The maximum atomic E-state index is 13.6. The van der Waals surface area contributed by atoms with Crippen molar-refractivity contribution < 1.29 is 19.5 Å². The summed E-state index contributed by atoms with van der Waals surface area (Å²) in [5, 5.41) is 17.3. The number of rotatable bonds is 3. The summed E-state index contributed by atoms with van der Waals surface area (Å²) in [6.45, 7) is 1.73. The van der Waals surface area contributed by atoms with Gasteiger partial charge in [0.2, 0.25) is 0 Å². The third-order valence-electron chi connectivity index (χ3n) is 6.13. The third-order valence-corrected chi connectivity index (χ3v) is 6.47. The summed E-state index contributed by atoms with van der Waals surface area (Å²) in [4.78, 5) is 41.3. The van der Waals surface area contributed by atoms with E-state index in [1.807, 2.05) is 6.92 Å². The van der Waals surface area contributed by atoms with E-state index in [1.165, 1.54) is 12.2 Å². The number of anilines is 1. The normalized spacial score (nSPS) is 24.6. The van der Waals surface area contributed by atoms with Crippen molar-refractivity contribution in [1.82, 2.24) is 15.1 Å². The number of allylic oxidation sites excluding steroid dienone is 2. The first-order chi connectivity index (χ1) is 15.2. The second-order valence-electron chi connectivity index (χ2n) is 7.98. The largest absolute Gasteiger partial charge is 0.510 e. The van der Waals surface area contributed by atoms with Gasteiger partial charge in [0.1, 0.15) is 11.1 Å². The summed E-state index contributed by atoms with van der Waals surface area (Å²) in [7, 11) is 1.76. The van der Waals surface area contributed by atoms with Gasteiger partial charge in [0, 0.05) is 35.6 Å². The number of Topliss-reactive ketones (excluding diaryl/α,β-unsaturated/α-hetero) is 1. The molecule has 2 aromatic rings. The quantitative estimate of drug-likeness (QED) is 0.548. The lowest BCUT2D eigenvalue weighted by atomic mass is 9.78. The van der Waals surface area contributed by atoms with Crippen LogP contribution in [0.15, 0.2) is 71.2 Å². The predicted octanol–water partition coefficient (Wildman–Crippen LogP) is 2.11. The SMILES string of the molecule is Cc1cc(N2CC(O)=C(C(=O)c3ccccc3)C23C(=O)NC2=CC(Cl)C(=O)C=C23)nn1C. The van der Waals surface area contributed by atoms with Crippen LogP contribution in [0, 0.1) is 6.92 Å². The molecule has 2 atom stereocenters. The van der Waals surface area contributed by atoms with Gasteiger partial charge in [-0.3, -0.25) is 19.1 Å². The number of hydrogen-bond acceptors (Lipinski definition) is 6. The molecule has 1 spiro atoms. The number of amides is 1. The number of carbonyl (C=O) groups excluding carboxylic acids is 3. The topological polar surface area (TPSA) is 105 Å². The van der Waals surface area contributed by atoms with E-state index in [2.05, 4.69) is 10.4 Å². The van der Waals surface area contributed by atoms with Crippen molar-refractivity contribution >= 4 is 34.9 Å². The van der Waals surface area contributed by atoms with Crippen molar-refractivity contribution in [2.75, 3.05) is 11.4 Å². The summed E-state index contributed by atoms with van der Waals surface area (Å²) in [5.74, 6) is -1.32. The first-order valence-electron chi connectivity index (χ1n) is 9.99. The molecule has 1 aromatic carbocycles. The number of halogens is 1. The molecule has 1 aliphatic carbocycles. The number of alkyl halides is 1. The van der Waals surface area contributed by atoms with Gasteiger partial charge in [-0.15, -0.1) is 11.6 Å². The first kappa shape index (κ1) is 20.3. The van der Waals surface area contributed by atoms with Crippen LogP contribution in [-0.4, -0.2) is 49.8 Å². The van der Waals surface area contributed by atoms with Crippen LogP contribution in [0.4, 0.5) is 5.82 Å². The minimum absolute atomic E-state index is 0.0972. The number of aromatic nitrogens is 2. The van der Waals surface area contributed by atoms with Gasteiger partial charge in [-0.25, -0.2) is 0 Å². The average Bonchev–Trinajstić information content (AvgIpc) is 3.36. The zero-order valence-electron chi connectivity index (χ0n) is 17.3. The van der Waals surface area contributed by atoms with Crippen LogP contribution in [-0.2, 0) is 16.6 Å². The Morgan fingerprint density at radius 2 is 2.00 bits per heavy atom. The Balaban J connectivity index is 1.77. The van der Waals surface area contributed by atoms with Gasteiger partial charge in [-0.05, 0) is 19.1 Å². The number of aliphatic hydroxyl groups is 1. The molecular weight excluding hydrogens is 432 g/mol. The van der Waals surface area contributed by atoms with Crippen molar-refractivity contribution in [3.8, 4) is 0 Å². The van der Waals surface area contributed by atoms with Crippen molar-refractivity contribution in [3.63, 3.8) is 0 Å². The van der Waals surface area contributed by atoms with Gasteiger partial charge in [0.05, 0.1) is 12.1 Å². The van der Waals surface area contributed by atoms with Gasteiger partial charge in [0.25, 0.3) is 5.91 Å². The molecule has 0 radical (unpaired) electrons. The zero-order valence-corrected chi connectivity index (χ0v) is 18.1. The molecular formula is C23H19ClN4O4. The number of hydrogen-bond donors (Lipinski definition) is 2. The molecule has 5 rings (SSSR count). The van der Waals surface area contributed by atoms with Gasteiger partial charge in [0.15, 0.2) is 22.9 Å². The van der Waals surface area contributed by atoms with E-state index in [-0.39, 0.29) is 23.5 Å². The van der Waals surface area contributed by atoms with E-state index in [1.54, 1.807) is 53.0 Å². The highest BCUT2D eigenvalue weighted by Gasteiger charge is 2.63. The van der Waals surface area contributed by atoms with Crippen LogP contribution in [0.2, 0.25) is 0 Å². The van der Waals surface area contributed by atoms with Crippen LogP contribution in [0.3, 0.4) is 0 Å². The van der Waals surface area contributed by atoms with E-state index >= 15 is 0 Å². The molecule has 2 N–H and O–H groups in total. The lowest BCUT2D eigenvalue weighted by molar-refractivity contribution is -0.121. The number of benzene rings is 1. The molecule has 32 heavy (non-hydrogen) atoms. The third kappa shape index (κ3) is 2.62. The highest BCUT2D eigenvalue weighted by molar-refractivity contribution is 6.35. The minimum atomic E-state index is -1.75. The predicted molar refractivity (Wildman–Crippen MR) is 117 cm³/mol. The molecule has 3 aliphatic rings. The molecule has 0 bridgehead atoms. The molecule has 162 valence electrons. The summed E-state index contributed by atoms with van der Waals surface area (Å²) in [6, 6.07) is 10.2. The maximum Gasteiger partial charge on any atom is 0.260 e. The first-order valence-corrected chi connectivity index (χ1v) is 10.4. The molecule has 1 saturated heterocycles. The molecule has 9 heteroatoms. The van der Waals surface area contributed by atoms with E-state index in [0.717, 1.165) is 5.69 Å². The number of nitrogens with one attached hydrogen (secondary N) is 1. The van der Waals surface area contributed by atoms with Gasteiger partial charge < -0.3 is 15.3 Å². The fourth-order valence-corrected chi connectivity index (χ4v) is 4.71. The number of ketones is 2. The molecule has 2 aliphatic heterocycles. The number of aryl methyl sites for hydroxylation is 2. The summed E-state index contributed by atoms with van der Waals surface area (Å²) in [6.07, 6.45) is 2.73. The van der Waals surface area contributed by atoms with Gasteiger partial charge in [-0.2, -0.15) is 5.10 Å². The average molecular weight is 451 g/mol. The number of aliphatic hydroxyl groups excluding tert-OH is 1. The van der Waals surface area contributed by atoms with E-state index in [0.29, 0.717) is 17.1 Å². The van der Waals surface area contributed by atoms with Crippen molar-refractivity contribution in [2.24, 2.45) is 7.05 Å². The molecule has 8 nitrogen and oxygen atoms in total. The van der Waals surface area contributed by atoms with Crippen molar-refractivity contribution in [3.05, 3.63) is 82.4 Å². The minimum Gasteiger partial charge on any atom is -0.510 e. The Morgan fingerprint density at radius 3 is 2.66 bits per heavy atom. The van der Waals surface area contributed by atoms with Crippen molar-refractivity contribution in [2.45, 2.75) is 17.8 Å². The Bertz CT molecular complexity index is 1270. The summed E-state index contributed by atoms with van der Waals surface area (Å²) in [5.41, 5.74) is -0.0933. The highest BCUT2D eigenvalue weighted by Crippen LogP contribution is 2.49. The maximum absolute atomic E-state index is 13.6. The standard InChI is InChI=1S/C23H19ClN4O4/c1-12-8-19(26-27(12)2)28-11-18(30)20(21(31)13-6-4-3-5-7-13)23(28)14-9-17(29)15(24)10-16(14)25-22(23)32/h3-10,15,30H,11H2,1-2H3,(H,25,32). The van der Waals surface area contributed by atoms with Crippen molar-refractivity contribution in [1.29, 1.82) is 0 Å². The Kier molecular flexibility index (Phi) is 4.39. The lowest BCUT2D eigenvalue weighted by Crippen LogP contribution is -2.55. The highest BCUT2D eigenvalue weighted by atomic mass is 35.5. The van der Waals surface area contributed by atoms with Crippen LogP contribution >= 0.6 is 11.6 Å². The van der Waals surface area contributed by atoms with Crippen LogP contribution in [0.5, 0.6) is 0 Å². The van der Waals surface area contributed by atoms with E-state index in [9.17, 15) is 19.5 Å². The monoisotopic (exact) mass is 450 g/mol. The number of carbonyl (C=O) groups is 3. The fourth-order valence-electron chi connectivity index (χ4n) is 4.52. The van der Waals surface area contributed by atoms with E-state index in [4.69, 9.17) is 11.6 Å². The molecule has 1 amide bonds. The number of nitrogens with zero attached hydrogens (tertiary/aromatic N) is 3. The molecule has 3 heterocycles. The van der Waals surface area contributed by atoms with Crippen LogP contribution < -0.4 is 10.2 Å². The molecule has 1 fully saturated rings. The second-order valence-corrected chi connectivity index (χ2v) is 8.45. The Morgan fingerprint density at radius 1 is 1.28 bits per heavy atom. The second kappa shape index (κ2) is 6.93. The number of fused-ring (bicyclic) bond motifs is 2. The Hall–Kier alpha value is -3.65. The smallest absolute Gasteiger partial charge is 0.260 e. The Labute approximate surface area is 188 Å². The van der Waals surface area contributed by atoms with E-state index < -0.39 is 28.4 Å².